The maximum atomic E-state index is 8.84. The Bertz CT molecular complexity index is 543. The van der Waals surface area contributed by atoms with Gasteiger partial charge in [-0.25, -0.2) is 0 Å². The van der Waals surface area contributed by atoms with Crippen LogP contribution < -0.4 is 0 Å². The zero-order valence-electron chi connectivity index (χ0n) is 10.4. The molecule has 0 fully saturated rings. The summed E-state index contributed by atoms with van der Waals surface area (Å²) in [5.74, 6) is 0.263. The molecule has 2 aromatic heterocycles. The van der Waals surface area contributed by atoms with E-state index in [1.807, 2.05) is 30.7 Å². The summed E-state index contributed by atoms with van der Waals surface area (Å²) in [5, 5.41) is 8.84. The van der Waals surface area contributed by atoms with Gasteiger partial charge >= 0.3 is 0 Å². The van der Waals surface area contributed by atoms with Crippen molar-refractivity contribution in [3.8, 4) is 17.2 Å². The summed E-state index contributed by atoms with van der Waals surface area (Å²) < 4.78 is 0. The largest absolute Gasteiger partial charge is 0.264 e. The summed E-state index contributed by atoms with van der Waals surface area (Å²) in [7, 11) is 0. The third kappa shape index (κ3) is 2.72. The molecule has 0 spiro atoms. The molecule has 0 aliphatic heterocycles. The molecule has 3 nitrogen and oxygen atoms in total. The summed E-state index contributed by atoms with van der Waals surface area (Å²) in [6.45, 7) is 2.10. The van der Waals surface area contributed by atoms with Crippen LogP contribution in [0, 0.1) is 11.3 Å². The Morgan fingerprint density at radius 3 is 2.72 bits per heavy atom. The van der Waals surface area contributed by atoms with Gasteiger partial charge in [-0.2, -0.15) is 5.26 Å². The van der Waals surface area contributed by atoms with Gasteiger partial charge in [0.2, 0.25) is 0 Å². The number of pyridine rings is 2. The van der Waals surface area contributed by atoms with Crippen LogP contribution >= 0.6 is 0 Å². The van der Waals surface area contributed by atoms with Crippen LogP contribution in [0.2, 0.25) is 0 Å². The molecule has 0 saturated heterocycles. The van der Waals surface area contributed by atoms with Crippen molar-refractivity contribution in [3.63, 3.8) is 0 Å². The molecule has 1 atom stereocenters. The highest BCUT2D eigenvalue weighted by molar-refractivity contribution is 5.61. The lowest BCUT2D eigenvalue weighted by Crippen LogP contribution is -1.97. The predicted molar refractivity (Wildman–Crippen MR) is 70.7 cm³/mol. The van der Waals surface area contributed by atoms with Crippen molar-refractivity contribution < 1.29 is 0 Å². The van der Waals surface area contributed by atoms with Crippen LogP contribution in [0.4, 0.5) is 0 Å². The number of nitrogens with zero attached hydrogens (tertiary/aromatic N) is 3. The lowest BCUT2D eigenvalue weighted by Gasteiger charge is -2.12. The van der Waals surface area contributed by atoms with Gasteiger partial charge in [-0.15, -0.1) is 0 Å². The van der Waals surface area contributed by atoms with Gasteiger partial charge in [-0.05, 0) is 30.0 Å². The van der Waals surface area contributed by atoms with Crippen molar-refractivity contribution in [2.45, 2.75) is 25.7 Å². The summed E-state index contributed by atoms with van der Waals surface area (Å²) >= 11 is 0. The lowest BCUT2D eigenvalue weighted by molar-refractivity contribution is 0.678. The average Bonchev–Trinajstić information content (AvgIpc) is 2.46. The Labute approximate surface area is 107 Å². The summed E-state index contributed by atoms with van der Waals surface area (Å²) in [4.78, 5) is 8.39. The zero-order valence-corrected chi connectivity index (χ0v) is 10.4. The van der Waals surface area contributed by atoms with Gasteiger partial charge in [0.25, 0.3) is 0 Å². The Hall–Kier alpha value is -2.21. The van der Waals surface area contributed by atoms with E-state index in [-0.39, 0.29) is 5.92 Å². The maximum absolute atomic E-state index is 8.84. The van der Waals surface area contributed by atoms with Crippen molar-refractivity contribution in [1.82, 2.24) is 9.97 Å². The fourth-order valence-electron chi connectivity index (χ4n) is 1.98. The minimum absolute atomic E-state index is 0.263. The molecule has 0 aliphatic carbocycles. The van der Waals surface area contributed by atoms with E-state index >= 15 is 0 Å². The number of hydrogen-bond acceptors (Lipinski definition) is 3. The van der Waals surface area contributed by atoms with Crippen molar-refractivity contribution >= 4 is 0 Å². The molecule has 0 radical (unpaired) electrons. The van der Waals surface area contributed by atoms with Gasteiger partial charge in [0.05, 0.1) is 6.07 Å². The smallest absolute Gasteiger partial charge is 0.0628 e. The first-order chi connectivity index (χ1) is 8.85. The van der Waals surface area contributed by atoms with E-state index in [1.54, 1.807) is 6.20 Å². The molecule has 18 heavy (non-hydrogen) atoms. The molecule has 0 bridgehead atoms. The van der Waals surface area contributed by atoms with Crippen LogP contribution in [0.5, 0.6) is 0 Å². The first-order valence-electron chi connectivity index (χ1n) is 6.07. The van der Waals surface area contributed by atoms with Crippen LogP contribution in [0.15, 0.2) is 43.0 Å². The van der Waals surface area contributed by atoms with E-state index < -0.39 is 0 Å². The van der Waals surface area contributed by atoms with E-state index in [1.165, 1.54) is 0 Å². The molecule has 90 valence electrons. The third-order valence-corrected chi connectivity index (χ3v) is 3.06. The van der Waals surface area contributed by atoms with E-state index in [4.69, 9.17) is 5.26 Å². The van der Waals surface area contributed by atoms with Gasteiger partial charge in [-0.3, -0.25) is 9.97 Å². The SMILES string of the molecule is CCC(CC#N)c1cncc(-c2cccnc2)c1. The maximum Gasteiger partial charge on any atom is 0.0628 e. The van der Waals surface area contributed by atoms with Crippen molar-refractivity contribution in [1.29, 1.82) is 5.26 Å². The van der Waals surface area contributed by atoms with Gasteiger partial charge in [-0.1, -0.05) is 13.0 Å². The lowest BCUT2D eigenvalue weighted by atomic mass is 9.93. The molecule has 3 heteroatoms. The van der Waals surface area contributed by atoms with Crippen LogP contribution in [-0.2, 0) is 0 Å². The standard InChI is InChI=1S/C15H15N3/c1-2-12(5-6-16)14-8-15(11-18-10-14)13-4-3-7-17-9-13/h3-4,7-12H,2,5H2,1H3. The predicted octanol–water partition coefficient (Wildman–Crippen LogP) is 3.55. The van der Waals surface area contributed by atoms with Crippen LogP contribution in [-0.4, -0.2) is 9.97 Å². The minimum atomic E-state index is 0.263. The van der Waals surface area contributed by atoms with Gasteiger partial charge in [0, 0.05) is 42.3 Å². The highest BCUT2D eigenvalue weighted by Gasteiger charge is 2.10. The second kappa shape index (κ2) is 5.92. The number of hydrogen-bond donors (Lipinski definition) is 0. The molecule has 0 aliphatic rings. The quantitative estimate of drug-likeness (QED) is 0.817. The second-order valence-electron chi connectivity index (χ2n) is 4.22. The molecule has 2 aromatic rings. The summed E-state index contributed by atoms with van der Waals surface area (Å²) in [5.41, 5.74) is 3.23. The summed E-state index contributed by atoms with van der Waals surface area (Å²) in [6, 6.07) is 8.27. The van der Waals surface area contributed by atoms with Crippen molar-refractivity contribution in [2.75, 3.05) is 0 Å². The molecule has 0 saturated carbocycles. The van der Waals surface area contributed by atoms with E-state index in [9.17, 15) is 0 Å². The van der Waals surface area contributed by atoms with Crippen LogP contribution in [0.3, 0.4) is 0 Å². The third-order valence-electron chi connectivity index (χ3n) is 3.06. The summed E-state index contributed by atoms with van der Waals surface area (Å²) in [6.07, 6.45) is 8.75. The van der Waals surface area contributed by atoms with Gasteiger partial charge < -0.3 is 0 Å². The topological polar surface area (TPSA) is 49.6 Å². The fourth-order valence-corrected chi connectivity index (χ4v) is 1.98. The number of aromatic nitrogens is 2. The Balaban J connectivity index is 2.33. The zero-order chi connectivity index (χ0) is 12.8. The highest BCUT2D eigenvalue weighted by Crippen LogP contribution is 2.26. The molecule has 0 amide bonds. The number of rotatable bonds is 4. The molecular weight excluding hydrogens is 222 g/mol. The van der Waals surface area contributed by atoms with E-state index in [0.717, 1.165) is 23.1 Å². The van der Waals surface area contributed by atoms with E-state index in [2.05, 4.69) is 29.0 Å². The van der Waals surface area contributed by atoms with E-state index in [0.29, 0.717) is 6.42 Å². The van der Waals surface area contributed by atoms with Crippen LogP contribution in [0.25, 0.3) is 11.1 Å². The fraction of sp³-hybridized carbons (Fsp3) is 0.267. The average molecular weight is 237 g/mol. The molecule has 0 N–H and O–H groups in total. The Morgan fingerprint density at radius 1 is 1.22 bits per heavy atom. The van der Waals surface area contributed by atoms with Gasteiger partial charge in [0.15, 0.2) is 0 Å². The van der Waals surface area contributed by atoms with Crippen molar-refractivity contribution in [3.05, 3.63) is 48.5 Å². The molecule has 2 rings (SSSR count). The van der Waals surface area contributed by atoms with Gasteiger partial charge in [0.1, 0.15) is 0 Å². The number of nitriles is 1. The minimum Gasteiger partial charge on any atom is -0.264 e. The molecule has 2 heterocycles. The molecular formula is C15H15N3. The first kappa shape index (κ1) is 12.3. The monoisotopic (exact) mass is 237 g/mol. The highest BCUT2D eigenvalue weighted by atomic mass is 14.6. The molecule has 0 aromatic carbocycles. The Morgan fingerprint density at radius 2 is 2.06 bits per heavy atom. The van der Waals surface area contributed by atoms with Crippen LogP contribution in [0.1, 0.15) is 31.2 Å². The normalized spacial score (nSPS) is 11.8. The van der Waals surface area contributed by atoms with Crippen molar-refractivity contribution in [2.24, 2.45) is 0 Å². The second-order valence-corrected chi connectivity index (χ2v) is 4.22. The first-order valence-corrected chi connectivity index (χ1v) is 6.07. The molecule has 1 unspecified atom stereocenters. The Kier molecular flexibility index (Phi) is 4.03.